The monoisotopic (exact) mass is 584 g/mol. The Hall–Kier alpha value is -3.69. The van der Waals surface area contributed by atoms with Crippen LogP contribution in [0.4, 0.5) is 10.5 Å². The zero-order valence-electron chi connectivity index (χ0n) is 24.6. The van der Waals surface area contributed by atoms with E-state index in [1.54, 1.807) is 32.4 Å². The summed E-state index contributed by atoms with van der Waals surface area (Å²) in [4.78, 5) is 30.5. The number of methoxy groups -OCH3 is 3. The smallest absolute Gasteiger partial charge is 0.322 e. The molecule has 3 aromatic rings. The minimum atomic E-state index is -0.399. The number of hydrogen-bond donors (Lipinski definition) is 1. The maximum Gasteiger partial charge on any atom is 0.322 e. The van der Waals surface area contributed by atoms with Crippen LogP contribution >= 0.6 is 11.6 Å². The number of carbonyl (C=O) groups is 2. The van der Waals surface area contributed by atoms with Gasteiger partial charge < -0.3 is 33.9 Å². The molecule has 41 heavy (non-hydrogen) atoms. The van der Waals surface area contributed by atoms with Crippen molar-refractivity contribution in [3.63, 3.8) is 0 Å². The number of amides is 3. The Morgan fingerprint density at radius 3 is 2.46 bits per heavy atom. The average Bonchev–Trinajstić information content (AvgIpc) is 3.39. The summed E-state index contributed by atoms with van der Waals surface area (Å²) in [5, 5.41) is 3.59. The van der Waals surface area contributed by atoms with Crippen molar-refractivity contribution in [3.05, 3.63) is 77.1 Å². The highest BCUT2D eigenvalue weighted by atomic mass is 35.5. The fourth-order valence-electron chi connectivity index (χ4n) is 4.46. The Morgan fingerprint density at radius 2 is 1.78 bits per heavy atom. The van der Waals surface area contributed by atoms with Crippen LogP contribution in [0.1, 0.15) is 31.5 Å². The lowest BCUT2D eigenvalue weighted by atomic mass is 10.2. The van der Waals surface area contributed by atoms with E-state index in [4.69, 9.17) is 25.8 Å². The molecule has 0 saturated heterocycles. The van der Waals surface area contributed by atoms with E-state index in [0.717, 1.165) is 11.3 Å². The minimum Gasteiger partial charge on any atom is -0.497 e. The Balaban J connectivity index is 1.78. The van der Waals surface area contributed by atoms with Gasteiger partial charge in [0.25, 0.3) is 0 Å². The molecule has 0 spiro atoms. The second kappa shape index (κ2) is 15.9. The van der Waals surface area contributed by atoms with E-state index in [1.165, 1.54) is 12.0 Å². The second-order valence-corrected chi connectivity index (χ2v) is 10.6. The molecule has 0 aliphatic carbocycles. The van der Waals surface area contributed by atoms with Crippen LogP contribution in [0.25, 0.3) is 0 Å². The second-order valence-electron chi connectivity index (χ2n) is 10.2. The van der Waals surface area contributed by atoms with Gasteiger partial charge in [0.2, 0.25) is 5.91 Å². The first-order chi connectivity index (χ1) is 19.7. The van der Waals surface area contributed by atoms with Crippen LogP contribution in [0.2, 0.25) is 5.02 Å². The third-order valence-electron chi connectivity index (χ3n) is 6.55. The number of hydrogen-bond acceptors (Lipinski definition) is 5. The molecule has 3 amide bonds. The SMILES string of the molecule is COCCCN(CC(=O)N(Cc1cccn1Cc1ccccc1Cl)CC(C)C)C(=O)Nc1ccc(OC)cc1OC. The number of aromatic nitrogens is 1. The number of carbonyl (C=O) groups excluding carboxylic acids is 2. The van der Waals surface area contributed by atoms with Crippen LogP contribution in [0.15, 0.2) is 60.8 Å². The van der Waals surface area contributed by atoms with Crippen LogP contribution < -0.4 is 14.8 Å². The molecule has 3 rings (SSSR count). The molecule has 1 aromatic heterocycles. The number of nitrogens with zero attached hydrogens (tertiary/aromatic N) is 3. The van der Waals surface area contributed by atoms with E-state index in [1.807, 2.05) is 47.5 Å². The molecule has 0 fully saturated rings. The Bertz CT molecular complexity index is 1280. The summed E-state index contributed by atoms with van der Waals surface area (Å²) in [5.41, 5.74) is 2.47. The van der Waals surface area contributed by atoms with Crippen molar-refractivity contribution in [3.8, 4) is 11.5 Å². The summed E-state index contributed by atoms with van der Waals surface area (Å²) in [6.07, 6.45) is 2.57. The number of halogens is 1. The molecule has 222 valence electrons. The van der Waals surface area contributed by atoms with Gasteiger partial charge in [0, 0.05) is 56.3 Å². The molecule has 0 aliphatic rings. The number of anilines is 1. The van der Waals surface area contributed by atoms with Crippen molar-refractivity contribution in [1.29, 1.82) is 0 Å². The van der Waals surface area contributed by atoms with E-state index in [2.05, 4.69) is 23.7 Å². The molecule has 0 saturated carbocycles. The number of urea groups is 1. The van der Waals surface area contributed by atoms with Gasteiger partial charge in [-0.05, 0) is 48.2 Å². The maximum absolute atomic E-state index is 13.7. The summed E-state index contributed by atoms with van der Waals surface area (Å²) >= 11 is 6.41. The largest absolute Gasteiger partial charge is 0.497 e. The van der Waals surface area contributed by atoms with Gasteiger partial charge in [0.15, 0.2) is 0 Å². The average molecular weight is 585 g/mol. The first-order valence-corrected chi connectivity index (χ1v) is 14.1. The molecule has 1 N–H and O–H groups in total. The number of nitrogens with one attached hydrogen (secondary N) is 1. The zero-order valence-corrected chi connectivity index (χ0v) is 25.3. The highest BCUT2D eigenvalue weighted by Crippen LogP contribution is 2.29. The highest BCUT2D eigenvalue weighted by Gasteiger charge is 2.24. The van der Waals surface area contributed by atoms with Gasteiger partial charge in [-0.1, -0.05) is 43.6 Å². The molecule has 0 atom stereocenters. The van der Waals surface area contributed by atoms with Crippen LogP contribution in [0, 0.1) is 5.92 Å². The third kappa shape index (κ3) is 9.43. The van der Waals surface area contributed by atoms with Crippen molar-refractivity contribution in [2.24, 2.45) is 5.92 Å². The first kappa shape index (κ1) is 31.8. The number of rotatable bonds is 15. The molecular weight excluding hydrogens is 544 g/mol. The van der Waals surface area contributed by atoms with Crippen LogP contribution in [-0.4, -0.2) is 73.9 Å². The molecular formula is C31H41ClN4O5. The fraction of sp³-hybridized carbons (Fsp3) is 0.419. The van der Waals surface area contributed by atoms with E-state index < -0.39 is 6.03 Å². The van der Waals surface area contributed by atoms with Gasteiger partial charge in [-0.15, -0.1) is 0 Å². The van der Waals surface area contributed by atoms with Gasteiger partial charge in [0.05, 0.1) is 26.5 Å². The first-order valence-electron chi connectivity index (χ1n) is 13.7. The predicted molar refractivity (Wildman–Crippen MR) is 162 cm³/mol. The summed E-state index contributed by atoms with van der Waals surface area (Å²) in [6, 6.07) is 16.5. The molecule has 0 aliphatic heterocycles. The maximum atomic E-state index is 13.7. The van der Waals surface area contributed by atoms with Gasteiger partial charge in [-0.2, -0.15) is 0 Å². The lowest BCUT2D eigenvalue weighted by molar-refractivity contribution is -0.133. The third-order valence-corrected chi connectivity index (χ3v) is 6.92. The normalized spacial score (nSPS) is 10.9. The number of ether oxygens (including phenoxy) is 3. The standard InChI is InChI=1S/C31H41ClN4O5/c1-23(2)19-36(21-25-11-8-15-34(25)20-24-10-6-7-12-27(24)32)30(37)22-35(16-9-17-39-3)31(38)33-28-14-13-26(40-4)18-29(28)41-5/h6-8,10-15,18,23H,9,16-17,19-22H2,1-5H3,(H,33,38). The van der Waals surface area contributed by atoms with Crippen molar-refractivity contribution < 1.29 is 23.8 Å². The summed E-state index contributed by atoms with van der Waals surface area (Å²) in [7, 11) is 4.70. The molecule has 0 bridgehead atoms. The molecule has 1 heterocycles. The summed E-state index contributed by atoms with van der Waals surface area (Å²) in [5.74, 6) is 1.17. The fourth-order valence-corrected chi connectivity index (χ4v) is 4.66. The lowest BCUT2D eigenvalue weighted by Gasteiger charge is -2.29. The lowest BCUT2D eigenvalue weighted by Crippen LogP contribution is -2.46. The van der Waals surface area contributed by atoms with Gasteiger partial charge >= 0.3 is 6.03 Å². The van der Waals surface area contributed by atoms with E-state index >= 15 is 0 Å². The molecule has 0 unspecified atom stereocenters. The molecule has 10 heteroatoms. The quantitative estimate of drug-likeness (QED) is 0.230. The van der Waals surface area contributed by atoms with Crippen molar-refractivity contribution in [1.82, 2.24) is 14.4 Å². The van der Waals surface area contributed by atoms with Gasteiger partial charge in [-0.25, -0.2) is 4.79 Å². The van der Waals surface area contributed by atoms with E-state index in [9.17, 15) is 9.59 Å². The van der Waals surface area contributed by atoms with Crippen LogP contribution in [-0.2, 0) is 22.6 Å². The van der Waals surface area contributed by atoms with Crippen molar-refractivity contribution in [2.75, 3.05) is 52.9 Å². The van der Waals surface area contributed by atoms with Gasteiger partial charge in [0.1, 0.15) is 18.0 Å². The van der Waals surface area contributed by atoms with Crippen molar-refractivity contribution >= 4 is 29.2 Å². The zero-order chi connectivity index (χ0) is 29.8. The highest BCUT2D eigenvalue weighted by molar-refractivity contribution is 6.31. The minimum absolute atomic E-state index is 0.0774. The number of benzene rings is 2. The van der Waals surface area contributed by atoms with Crippen molar-refractivity contribution in [2.45, 2.75) is 33.4 Å². The van der Waals surface area contributed by atoms with E-state index in [0.29, 0.717) is 61.4 Å². The van der Waals surface area contributed by atoms with Crippen LogP contribution in [0.3, 0.4) is 0 Å². The molecule has 9 nitrogen and oxygen atoms in total. The Morgan fingerprint density at radius 1 is 1.00 bits per heavy atom. The Labute approximate surface area is 247 Å². The van der Waals surface area contributed by atoms with Gasteiger partial charge in [-0.3, -0.25) is 4.79 Å². The van der Waals surface area contributed by atoms with Crippen LogP contribution in [0.5, 0.6) is 11.5 Å². The topological polar surface area (TPSA) is 85.3 Å². The predicted octanol–water partition coefficient (Wildman–Crippen LogP) is 5.76. The summed E-state index contributed by atoms with van der Waals surface area (Å²) < 4.78 is 18.0. The Kier molecular flexibility index (Phi) is 12.4. The van der Waals surface area contributed by atoms with E-state index in [-0.39, 0.29) is 18.4 Å². The molecule has 0 radical (unpaired) electrons. The molecule has 2 aromatic carbocycles. The summed E-state index contributed by atoms with van der Waals surface area (Å²) in [6.45, 7) is 6.44.